The van der Waals surface area contributed by atoms with Gasteiger partial charge in [0.05, 0.1) is 15.6 Å². The molecule has 31 heavy (non-hydrogen) atoms. The van der Waals surface area contributed by atoms with E-state index in [4.69, 9.17) is 21.2 Å². The minimum absolute atomic E-state index is 0.0109. The van der Waals surface area contributed by atoms with Gasteiger partial charge in [0.15, 0.2) is 12.4 Å². The van der Waals surface area contributed by atoms with Crippen LogP contribution < -0.4 is 0 Å². The predicted molar refractivity (Wildman–Crippen MR) is 128 cm³/mol. The number of Topliss-reactive ketones (excluding diaryl/α,β-unsaturated/α-hetero) is 1. The van der Waals surface area contributed by atoms with E-state index in [1.54, 1.807) is 6.92 Å². The number of thioether (sulfide) groups is 1. The highest BCUT2D eigenvalue weighted by Gasteiger charge is 2.36. The Morgan fingerprint density at radius 3 is 2.74 bits per heavy atom. The molecule has 0 radical (unpaired) electrons. The van der Waals surface area contributed by atoms with E-state index in [-0.39, 0.29) is 30.2 Å². The maximum atomic E-state index is 13.1. The Kier molecular flexibility index (Phi) is 9.05. The number of hydrogen-bond donors (Lipinski definition) is 0. The zero-order chi connectivity index (χ0) is 22.4. The van der Waals surface area contributed by atoms with Crippen molar-refractivity contribution in [2.75, 3.05) is 11.5 Å². The average Bonchev–Trinajstić information content (AvgIpc) is 3.12. The number of halogens is 1. The van der Waals surface area contributed by atoms with Crippen LogP contribution in [0.15, 0.2) is 28.6 Å². The van der Waals surface area contributed by atoms with Crippen molar-refractivity contribution in [3.8, 4) is 0 Å². The van der Waals surface area contributed by atoms with E-state index in [1.165, 1.54) is 23.5 Å². The molecule has 0 N–H and O–H groups in total. The van der Waals surface area contributed by atoms with E-state index in [2.05, 4.69) is 5.16 Å². The Morgan fingerprint density at radius 2 is 2.10 bits per heavy atom. The molecule has 1 aromatic rings. The number of ether oxygens (including phenoxy) is 1. The number of esters is 1. The molecule has 0 saturated carbocycles. The summed E-state index contributed by atoms with van der Waals surface area (Å²) in [6.07, 6.45) is 3.71. The van der Waals surface area contributed by atoms with Crippen LogP contribution in [0, 0.1) is 17.8 Å². The van der Waals surface area contributed by atoms with Gasteiger partial charge in [-0.3, -0.25) is 9.59 Å². The second-order valence-electron chi connectivity index (χ2n) is 8.59. The Bertz CT molecular complexity index is 856. The fourth-order valence-electron chi connectivity index (χ4n) is 4.06. The summed E-state index contributed by atoms with van der Waals surface area (Å²) in [7, 11) is 0. The average molecular weight is 484 g/mol. The van der Waals surface area contributed by atoms with E-state index in [0.717, 1.165) is 17.1 Å². The number of rotatable bonds is 8. The molecule has 2 atom stereocenters. The summed E-state index contributed by atoms with van der Waals surface area (Å²) in [5.74, 6) is 3.31. The van der Waals surface area contributed by atoms with E-state index in [9.17, 15) is 9.59 Å². The second kappa shape index (κ2) is 11.5. The zero-order valence-corrected chi connectivity index (χ0v) is 20.7. The van der Waals surface area contributed by atoms with E-state index >= 15 is 0 Å². The van der Waals surface area contributed by atoms with Crippen LogP contribution in [0.3, 0.4) is 0 Å². The summed E-state index contributed by atoms with van der Waals surface area (Å²) in [6.45, 7) is 5.96. The van der Waals surface area contributed by atoms with Gasteiger partial charge in [0.25, 0.3) is 0 Å². The van der Waals surface area contributed by atoms with Crippen LogP contribution in [0.5, 0.6) is 0 Å². The number of carbonyl (C=O) groups is 2. The summed E-state index contributed by atoms with van der Waals surface area (Å²) in [4.78, 5) is 32.0. The van der Waals surface area contributed by atoms with Crippen LogP contribution >= 0.6 is 34.7 Å². The molecule has 1 aliphatic heterocycles. The lowest BCUT2D eigenvalue weighted by atomic mass is 9.77. The Balaban J connectivity index is 1.78. The summed E-state index contributed by atoms with van der Waals surface area (Å²) < 4.78 is 6.45. The first-order valence-corrected chi connectivity index (χ1v) is 13.1. The number of oxime groups is 1. The fourth-order valence-corrected chi connectivity index (χ4v) is 6.33. The molecular weight excluding hydrogens is 454 g/mol. The molecule has 1 aliphatic carbocycles. The van der Waals surface area contributed by atoms with Crippen molar-refractivity contribution < 1.29 is 19.2 Å². The van der Waals surface area contributed by atoms with Gasteiger partial charge < -0.3 is 9.57 Å². The number of thiophene rings is 1. The van der Waals surface area contributed by atoms with Crippen LogP contribution in [0.2, 0.25) is 4.34 Å². The molecular formula is C23H30ClNO4S2. The van der Waals surface area contributed by atoms with Gasteiger partial charge >= 0.3 is 5.97 Å². The van der Waals surface area contributed by atoms with E-state index < -0.39 is 0 Å². The van der Waals surface area contributed by atoms with Crippen molar-refractivity contribution in [1.82, 2.24) is 0 Å². The molecule has 0 amide bonds. The highest BCUT2D eigenvalue weighted by molar-refractivity contribution is 7.99. The largest absolute Gasteiger partial charge is 0.430 e. The summed E-state index contributed by atoms with van der Waals surface area (Å²) in [5.41, 5.74) is 0.859. The highest BCUT2D eigenvalue weighted by atomic mass is 35.5. The van der Waals surface area contributed by atoms with Crippen LogP contribution in [0.1, 0.15) is 57.8 Å². The van der Waals surface area contributed by atoms with Gasteiger partial charge in [-0.25, -0.2) is 0 Å². The van der Waals surface area contributed by atoms with Gasteiger partial charge in [-0.2, -0.15) is 11.8 Å². The maximum Gasteiger partial charge on any atom is 0.311 e. The molecule has 2 aliphatic rings. The minimum Gasteiger partial charge on any atom is -0.430 e. The first-order chi connectivity index (χ1) is 14.8. The molecule has 2 heterocycles. The second-order valence-corrected chi connectivity index (χ2v) is 11.5. The molecule has 0 aromatic carbocycles. The van der Waals surface area contributed by atoms with Gasteiger partial charge in [-0.1, -0.05) is 30.6 Å². The van der Waals surface area contributed by atoms with Crippen molar-refractivity contribution in [2.24, 2.45) is 22.9 Å². The Labute approximate surface area is 197 Å². The zero-order valence-electron chi connectivity index (χ0n) is 18.3. The monoisotopic (exact) mass is 483 g/mol. The SMILES string of the molecule is C/C(=N/OCc1ccc(Cl)s1)C1=C(OC(=O)CC(C)C)CC(C2CCCSC2)CC1=O. The van der Waals surface area contributed by atoms with Crippen molar-refractivity contribution in [1.29, 1.82) is 0 Å². The molecule has 3 rings (SSSR count). The molecule has 5 nitrogen and oxygen atoms in total. The Morgan fingerprint density at radius 1 is 1.29 bits per heavy atom. The van der Waals surface area contributed by atoms with Gasteiger partial charge in [-0.15, -0.1) is 11.3 Å². The molecule has 1 aromatic heterocycles. The van der Waals surface area contributed by atoms with E-state index in [1.807, 2.05) is 37.7 Å². The predicted octanol–water partition coefficient (Wildman–Crippen LogP) is 6.26. The molecule has 1 fully saturated rings. The molecule has 2 unspecified atom stereocenters. The summed E-state index contributed by atoms with van der Waals surface area (Å²) in [6, 6.07) is 3.69. The normalized spacial score (nSPS) is 22.7. The standard InChI is InChI=1S/C23H30ClNO4S2/c1-14(2)9-22(27)29-20-11-17(16-5-4-8-30-13-16)10-19(26)23(20)15(3)25-28-12-18-6-7-21(24)31-18/h6-7,14,16-17H,4-5,8-13H2,1-3H3/b25-15-. The minimum atomic E-state index is -0.295. The third-order valence-corrected chi connectivity index (χ3v) is 7.97. The third-order valence-electron chi connectivity index (χ3n) is 5.53. The summed E-state index contributed by atoms with van der Waals surface area (Å²) >= 11 is 9.33. The third kappa shape index (κ3) is 7.09. The number of ketones is 1. The van der Waals surface area contributed by atoms with Crippen LogP contribution in [0.4, 0.5) is 0 Å². The van der Waals surface area contributed by atoms with Crippen LogP contribution in [0.25, 0.3) is 0 Å². The smallest absolute Gasteiger partial charge is 0.311 e. The first-order valence-electron chi connectivity index (χ1n) is 10.8. The fraction of sp³-hybridized carbons (Fsp3) is 0.609. The van der Waals surface area contributed by atoms with Crippen molar-refractivity contribution >= 4 is 52.2 Å². The number of carbonyl (C=O) groups excluding carboxylic acids is 2. The molecule has 170 valence electrons. The lowest BCUT2D eigenvalue weighted by Crippen LogP contribution is -2.31. The van der Waals surface area contributed by atoms with Crippen molar-refractivity contribution in [3.63, 3.8) is 0 Å². The van der Waals surface area contributed by atoms with Crippen molar-refractivity contribution in [3.05, 3.63) is 32.7 Å². The van der Waals surface area contributed by atoms with E-state index in [0.29, 0.717) is 46.6 Å². The van der Waals surface area contributed by atoms with Crippen LogP contribution in [-0.4, -0.2) is 29.0 Å². The van der Waals surface area contributed by atoms with Gasteiger partial charge in [0.2, 0.25) is 0 Å². The van der Waals surface area contributed by atoms with Gasteiger partial charge in [-0.05, 0) is 61.2 Å². The molecule has 8 heteroatoms. The first kappa shape index (κ1) is 24.3. The van der Waals surface area contributed by atoms with Crippen LogP contribution in [-0.2, 0) is 25.8 Å². The molecule has 0 bridgehead atoms. The quantitative estimate of drug-likeness (QED) is 0.248. The Hall–Kier alpha value is -1.31. The van der Waals surface area contributed by atoms with Crippen molar-refractivity contribution in [2.45, 2.75) is 59.5 Å². The highest BCUT2D eigenvalue weighted by Crippen LogP contribution is 2.39. The maximum absolute atomic E-state index is 13.1. The summed E-state index contributed by atoms with van der Waals surface area (Å²) in [5, 5.41) is 4.16. The lowest BCUT2D eigenvalue weighted by molar-refractivity contribution is -0.141. The number of allylic oxidation sites excluding steroid dienone is 2. The molecule has 0 spiro atoms. The topological polar surface area (TPSA) is 65.0 Å². The van der Waals surface area contributed by atoms with Gasteiger partial charge in [0.1, 0.15) is 5.76 Å². The lowest BCUT2D eigenvalue weighted by Gasteiger charge is -2.33. The number of hydrogen-bond acceptors (Lipinski definition) is 7. The molecule has 1 saturated heterocycles. The number of nitrogens with zero attached hydrogens (tertiary/aromatic N) is 1. The van der Waals surface area contributed by atoms with Gasteiger partial charge in [0, 0.05) is 24.1 Å².